The number of nitrogens with zero attached hydrogens (tertiary/aromatic N) is 5. The lowest BCUT2D eigenvalue weighted by atomic mass is 10.0. The van der Waals surface area contributed by atoms with E-state index in [0.717, 1.165) is 49.1 Å². The summed E-state index contributed by atoms with van der Waals surface area (Å²) in [6.45, 7) is 2.74. The van der Waals surface area contributed by atoms with E-state index in [1.165, 1.54) is 4.90 Å². The molecule has 0 aliphatic carbocycles. The van der Waals surface area contributed by atoms with E-state index < -0.39 is 35.9 Å². The topological polar surface area (TPSA) is 129 Å². The number of carbonyl (C=O) groups excluding carboxylic acids is 4. The lowest BCUT2D eigenvalue weighted by Crippen LogP contribution is -2.55. The van der Waals surface area contributed by atoms with E-state index in [9.17, 15) is 32.3 Å². The Labute approximate surface area is 224 Å². The maximum Gasteiger partial charge on any atom is 0.493 e. The van der Waals surface area contributed by atoms with Crippen LogP contribution in [-0.4, -0.2) is 78.8 Å². The molecular weight excluding hydrogens is 533 g/mol. The molecule has 5 heterocycles. The van der Waals surface area contributed by atoms with Gasteiger partial charge in [-0.25, -0.2) is 14.8 Å². The first-order chi connectivity index (χ1) is 19.1. The van der Waals surface area contributed by atoms with E-state index in [-0.39, 0.29) is 24.4 Å². The second-order valence-electron chi connectivity index (χ2n) is 10.0. The van der Waals surface area contributed by atoms with Crippen LogP contribution in [0.3, 0.4) is 0 Å². The molecule has 3 aliphatic heterocycles. The minimum atomic E-state index is -5.40. The predicted octanol–water partition coefficient (Wildman–Crippen LogP) is 2.71. The molecule has 1 aromatic carbocycles. The van der Waals surface area contributed by atoms with Crippen LogP contribution in [0.1, 0.15) is 47.2 Å². The summed E-state index contributed by atoms with van der Waals surface area (Å²) in [5.41, 5.74) is 4.77. The number of benzene rings is 1. The number of hydrogen-bond acceptors (Lipinski definition) is 8. The minimum absolute atomic E-state index is 0.0133. The minimum Gasteiger partial charge on any atom is -0.329 e. The molecule has 40 heavy (non-hydrogen) atoms. The number of halogens is 3. The van der Waals surface area contributed by atoms with Gasteiger partial charge in [-0.05, 0) is 61.7 Å². The van der Waals surface area contributed by atoms with E-state index in [1.807, 2.05) is 6.07 Å². The smallest absolute Gasteiger partial charge is 0.329 e. The molecule has 6 rings (SSSR count). The molecule has 2 saturated heterocycles. The van der Waals surface area contributed by atoms with Crippen LogP contribution < -0.4 is 0 Å². The van der Waals surface area contributed by atoms with Gasteiger partial charge in [-0.1, -0.05) is 6.07 Å². The van der Waals surface area contributed by atoms with E-state index in [1.54, 1.807) is 24.5 Å². The van der Waals surface area contributed by atoms with Crippen LogP contribution in [0.2, 0.25) is 0 Å². The first kappa shape index (κ1) is 25.9. The number of aromatic nitrogens is 3. The number of alkyl halides is 3. The van der Waals surface area contributed by atoms with Gasteiger partial charge >= 0.3 is 12.1 Å². The maximum atomic E-state index is 13.2. The second-order valence-corrected chi connectivity index (χ2v) is 10.0. The third-order valence-corrected chi connectivity index (χ3v) is 7.42. The zero-order valence-electron chi connectivity index (χ0n) is 21.0. The average Bonchev–Trinajstić information content (AvgIpc) is 3.67. The monoisotopic (exact) mass is 556 g/mol. The van der Waals surface area contributed by atoms with Crippen molar-refractivity contribution < 1.29 is 37.2 Å². The Hall–Kier alpha value is -4.33. The van der Waals surface area contributed by atoms with Crippen molar-refractivity contribution >= 4 is 34.9 Å². The molecule has 1 N–H and O–H groups in total. The van der Waals surface area contributed by atoms with Gasteiger partial charge in [-0.3, -0.25) is 19.3 Å². The zero-order valence-corrected chi connectivity index (χ0v) is 21.0. The molecule has 3 aromatic rings. The number of hydrogen-bond donors (Lipinski definition) is 1. The Balaban J connectivity index is 1.25. The van der Waals surface area contributed by atoms with Gasteiger partial charge < -0.3 is 14.7 Å². The van der Waals surface area contributed by atoms with Crippen LogP contribution in [0.5, 0.6) is 0 Å². The lowest BCUT2D eigenvalue weighted by molar-refractivity contribution is -0.238. The Kier molecular flexibility index (Phi) is 6.28. The number of pyridine rings is 1. The van der Waals surface area contributed by atoms with Crippen molar-refractivity contribution in [1.29, 1.82) is 0 Å². The van der Waals surface area contributed by atoms with Gasteiger partial charge in [0.25, 0.3) is 17.7 Å². The molecular formula is C26H23F3N6O5. The molecule has 3 aliphatic rings. The third-order valence-electron chi connectivity index (χ3n) is 7.42. The Morgan fingerprint density at radius 2 is 1.90 bits per heavy atom. The number of imidazole rings is 1. The van der Waals surface area contributed by atoms with Gasteiger partial charge in [0.2, 0.25) is 0 Å². The first-order valence-electron chi connectivity index (χ1n) is 12.8. The van der Waals surface area contributed by atoms with Crippen LogP contribution in [-0.2, 0) is 32.3 Å². The van der Waals surface area contributed by atoms with Crippen LogP contribution in [0.25, 0.3) is 22.4 Å². The van der Waals surface area contributed by atoms with Gasteiger partial charge in [0.05, 0.1) is 12.0 Å². The van der Waals surface area contributed by atoms with Crippen molar-refractivity contribution in [2.24, 2.45) is 0 Å². The molecule has 0 spiro atoms. The van der Waals surface area contributed by atoms with Gasteiger partial charge in [-0.15, -0.1) is 5.06 Å². The van der Waals surface area contributed by atoms with Crippen molar-refractivity contribution in [3.05, 3.63) is 47.3 Å². The largest absolute Gasteiger partial charge is 0.493 e. The van der Waals surface area contributed by atoms with Crippen LogP contribution in [0, 0.1) is 0 Å². The molecule has 0 bridgehead atoms. The Morgan fingerprint density at radius 3 is 2.65 bits per heavy atom. The SMILES string of the molecule is O=C1CCC(N2Cc3cc(-c4cc(CN5CCCC5)c5nc[nH]c5n4)ccc3C2=O)C(=O)N1OC(=O)C(F)(F)F. The zero-order chi connectivity index (χ0) is 28.2. The molecule has 208 valence electrons. The number of likely N-dealkylation sites (tertiary alicyclic amines) is 1. The van der Waals surface area contributed by atoms with Gasteiger partial charge in [0.1, 0.15) is 11.6 Å². The first-order valence-corrected chi connectivity index (χ1v) is 12.8. The number of fused-ring (bicyclic) bond motifs is 2. The van der Waals surface area contributed by atoms with Gasteiger partial charge in [0.15, 0.2) is 5.65 Å². The number of rotatable bonds is 5. The van der Waals surface area contributed by atoms with E-state index in [2.05, 4.69) is 19.7 Å². The molecule has 1 atom stereocenters. The van der Waals surface area contributed by atoms with Gasteiger partial charge in [-0.2, -0.15) is 13.2 Å². The second kappa shape index (κ2) is 9.70. The molecule has 0 saturated carbocycles. The highest BCUT2D eigenvalue weighted by atomic mass is 19.4. The third kappa shape index (κ3) is 4.57. The van der Waals surface area contributed by atoms with Gasteiger partial charge in [0, 0.05) is 30.6 Å². The standard InChI is InChI=1S/C26H23F3N6O5/c27-26(28,29)25(39)40-35-20(36)6-5-19(24(35)38)34-12-15-9-14(3-4-17(15)23(34)37)18-10-16(11-33-7-1-2-8-33)21-22(32-18)31-13-30-21/h3-4,9-10,13,19H,1-2,5-8,11-12H2,(H,30,31,32). The summed E-state index contributed by atoms with van der Waals surface area (Å²) in [5, 5.41) is -0.183. The summed E-state index contributed by atoms with van der Waals surface area (Å²) in [6.07, 6.45) is -1.99. The highest BCUT2D eigenvalue weighted by molar-refractivity contribution is 6.05. The number of amides is 3. The molecule has 2 aromatic heterocycles. The van der Waals surface area contributed by atoms with E-state index in [0.29, 0.717) is 22.5 Å². The summed E-state index contributed by atoms with van der Waals surface area (Å²) >= 11 is 0. The number of piperidine rings is 1. The average molecular weight is 557 g/mol. The van der Waals surface area contributed by atoms with Crippen molar-refractivity contribution in [3.63, 3.8) is 0 Å². The Bertz CT molecular complexity index is 1550. The van der Waals surface area contributed by atoms with Crippen LogP contribution in [0.15, 0.2) is 30.6 Å². The fourth-order valence-corrected chi connectivity index (χ4v) is 5.46. The number of carbonyl (C=O) groups is 4. The summed E-state index contributed by atoms with van der Waals surface area (Å²) in [5.74, 6) is -5.49. The highest BCUT2D eigenvalue weighted by Crippen LogP contribution is 2.33. The number of H-pyrrole nitrogens is 1. The van der Waals surface area contributed by atoms with Crippen molar-refractivity contribution in [1.82, 2.24) is 29.8 Å². The number of imide groups is 1. The molecule has 11 nitrogen and oxygen atoms in total. The molecule has 14 heteroatoms. The van der Waals surface area contributed by atoms with Crippen LogP contribution >= 0.6 is 0 Å². The molecule has 1 unspecified atom stereocenters. The molecule has 3 amide bonds. The number of nitrogens with one attached hydrogen (secondary N) is 1. The number of hydroxylamine groups is 2. The van der Waals surface area contributed by atoms with Crippen molar-refractivity contribution in [2.75, 3.05) is 13.1 Å². The highest BCUT2D eigenvalue weighted by Gasteiger charge is 2.49. The predicted molar refractivity (Wildman–Crippen MR) is 131 cm³/mol. The number of aromatic amines is 1. The quantitative estimate of drug-likeness (QED) is 0.475. The summed E-state index contributed by atoms with van der Waals surface area (Å²) in [7, 11) is 0. The lowest BCUT2D eigenvalue weighted by Gasteiger charge is -2.33. The summed E-state index contributed by atoms with van der Waals surface area (Å²) in [6, 6.07) is 5.85. The Morgan fingerprint density at radius 1 is 1.12 bits per heavy atom. The van der Waals surface area contributed by atoms with Crippen molar-refractivity contribution in [2.45, 2.75) is 51.0 Å². The summed E-state index contributed by atoms with van der Waals surface area (Å²) < 4.78 is 38.0. The normalized spacial score (nSPS) is 20.1. The summed E-state index contributed by atoms with van der Waals surface area (Å²) in [4.78, 5) is 69.2. The van der Waals surface area contributed by atoms with Crippen LogP contribution in [0.4, 0.5) is 13.2 Å². The van der Waals surface area contributed by atoms with Crippen molar-refractivity contribution in [3.8, 4) is 11.3 Å². The fourth-order valence-electron chi connectivity index (χ4n) is 5.46. The molecule has 2 fully saturated rings. The van der Waals surface area contributed by atoms with E-state index >= 15 is 0 Å². The fraction of sp³-hybridized carbons (Fsp3) is 0.385. The maximum absolute atomic E-state index is 13.2. The molecule has 0 radical (unpaired) electrons. The van der Waals surface area contributed by atoms with E-state index in [4.69, 9.17) is 4.98 Å².